The summed E-state index contributed by atoms with van der Waals surface area (Å²) in [5.41, 5.74) is 3.75. The second-order valence-electron chi connectivity index (χ2n) is 8.00. The lowest BCUT2D eigenvalue weighted by Gasteiger charge is -2.37. The van der Waals surface area contributed by atoms with Crippen molar-refractivity contribution in [1.82, 2.24) is 19.8 Å². The average Bonchev–Trinajstić information content (AvgIpc) is 3.24. The maximum absolute atomic E-state index is 5.27. The molecule has 176 valence electrons. The molecule has 33 heavy (non-hydrogen) atoms. The van der Waals surface area contributed by atoms with Gasteiger partial charge in [0.15, 0.2) is 5.96 Å². The summed E-state index contributed by atoms with van der Waals surface area (Å²) in [6, 6.07) is 17.0. The van der Waals surface area contributed by atoms with Crippen LogP contribution in [0.5, 0.6) is 5.75 Å². The van der Waals surface area contributed by atoms with E-state index >= 15 is 0 Å². The first-order chi connectivity index (χ1) is 15.7. The third kappa shape index (κ3) is 6.40. The minimum atomic E-state index is 0. The van der Waals surface area contributed by atoms with Crippen molar-refractivity contribution in [3.05, 3.63) is 77.9 Å². The number of aliphatic imine (C=N–C) groups is 1. The summed E-state index contributed by atoms with van der Waals surface area (Å²) in [6.07, 6.45) is 3.87. The minimum absolute atomic E-state index is 0. The lowest BCUT2D eigenvalue weighted by molar-refractivity contribution is 0.372. The monoisotopic (exact) mass is 560 g/mol. The van der Waals surface area contributed by atoms with E-state index in [2.05, 4.69) is 66.1 Å². The number of nitrogens with zero attached hydrogens (tertiary/aromatic N) is 5. The highest BCUT2D eigenvalue weighted by atomic mass is 127. The van der Waals surface area contributed by atoms with Gasteiger partial charge in [-0.3, -0.25) is 4.99 Å². The Kier molecular flexibility index (Phi) is 8.99. The Morgan fingerprint density at radius 2 is 1.79 bits per heavy atom. The highest BCUT2D eigenvalue weighted by Crippen LogP contribution is 2.20. The molecule has 0 saturated carbocycles. The molecule has 0 spiro atoms. The van der Waals surface area contributed by atoms with E-state index in [0.717, 1.165) is 56.8 Å². The van der Waals surface area contributed by atoms with Gasteiger partial charge in [0.25, 0.3) is 0 Å². The maximum atomic E-state index is 5.27. The molecular formula is C25H33IN6O. The first kappa shape index (κ1) is 24.9. The van der Waals surface area contributed by atoms with Crippen LogP contribution >= 0.6 is 24.0 Å². The smallest absolute Gasteiger partial charge is 0.194 e. The number of piperazine rings is 1. The molecule has 1 aromatic heterocycles. The predicted molar refractivity (Wildman–Crippen MR) is 145 cm³/mol. The summed E-state index contributed by atoms with van der Waals surface area (Å²) in [5, 5.41) is 3.54. The third-order valence-corrected chi connectivity index (χ3v) is 5.95. The van der Waals surface area contributed by atoms with Crippen LogP contribution in [0.2, 0.25) is 0 Å². The molecule has 8 heteroatoms. The molecule has 1 aliphatic rings. The van der Waals surface area contributed by atoms with Gasteiger partial charge in [0.1, 0.15) is 11.6 Å². The number of nitrogens with one attached hydrogen (secondary N) is 1. The van der Waals surface area contributed by atoms with Crippen molar-refractivity contribution in [2.75, 3.05) is 45.2 Å². The maximum Gasteiger partial charge on any atom is 0.194 e. The summed E-state index contributed by atoms with van der Waals surface area (Å²) < 4.78 is 7.43. The molecule has 1 aliphatic heterocycles. The Bertz CT molecular complexity index is 1040. The van der Waals surface area contributed by atoms with Crippen LogP contribution in [0.3, 0.4) is 0 Å². The van der Waals surface area contributed by atoms with E-state index in [1.165, 1.54) is 16.8 Å². The Balaban J connectivity index is 0.00000306. The van der Waals surface area contributed by atoms with E-state index in [1.807, 2.05) is 38.5 Å². The minimum Gasteiger partial charge on any atom is -0.497 e. The van der Waals surface area contributed by atoms with Crippen molar-refractivity contribution < 1.29 is 4.74 Å². The molecule has 3 aromatic rings. The lowest BCUT2D eigenvalue weighted by atomic mass is 10.1. The number of benzene rings is 2. The fraction of sp³-hybridized carbons (Fsp3) is 0.360. The van der Waals surface area contributed by atoms with E-state index in [0.29, 0.717) is 0 Å². The van der Waals surface area contributed by atoms with Gasteiger partial charge in [-0.05, 0) is 42.3 Å². The number of halogens is 1. The number of anilines is 1. The molecule has 1 fully saturated rings. The highest BCUT2D eigenvalue weighted by Gasteiger charge is 2.19. The molecule has 2 heterocycles. The van der Waals surface area contributed by atoms with Crippen LogP contribution in [0, 0.1) is 6.92 Å². The van der Waals surface area contributed by atoms with Gasteiger partial charge in [-0.1, -0.05) is 24.3 Å². The van der Waals surface area contributed by atoms with E-state index in [1.54, 1.807) is 7.11 Å². The van der Waals surface area contributed by atoms with E-state index < -0.39 is 0 Å². The number of aryl methyl sites for hydroxylation is 1. The molecule has 0 radical (unpaired) electrons. The predicted octanol–water partition coefficient (Wildman–Crippen LogP) is 3.76. The standard InChI is InChI=1S/C25H32N6O.HI/c1-20-27-11-12-31(20)19-22-6-4-5-21(17-22)18-28-25(26-2)30-15-13-29(14-16-30)23-7-9-24(32-3)10-8-23;/h4-12,17H,13-16,18-19H2,1-3H3,(H,26,28);1H. The fourth-order valence-electron chi connectivity index (χ4n) is 4.09. The molecule has 0 atom stereocenters. The van der Waals surface area contributed by atoms with E-state index in [-0.39, 0.29) is 24.0 Å². The number of guanidine groups is 1. The first-order valence-corrected chi connectivity index (χ1v) is 11.1. The van der Waals surface area contributed by atoms with Crippen molar-refractivity contribution in [1.29, 1.82) is 0 Å². The van der Waals surface area contributed by atoms with Gasteiger partial charge in [-0.25, -0.2) is 4.98 Å². The van der Waals surface area contributed by atoms with Crippen molar-refractivity contribution >= 4 is 35.6 Å². The first-order valence-electron chi connectivity index (χ1n) is 11.1. The molecule has 1 N–H and O–H groups in total. The number of rotatable bonds is 6. The molecule has 1 saturated heterocycles. The topological polar surface area (TPSA) is 57.9 Å². The molecular weight excluding hydrogens is 527 g/mol. The normalized spacial score (nSPS) is 14.1. The van der Waals surface area contributed by atoms with Crippen LogP contribution in [0.1, 0.15) is 17.0 Å². The van der Waals surface area contributed by atoms with Crippen molar-refractivity contribution in [3.8, 4) is 5.75 Å². The Morgan fingerprint density at radius 3 is 2.42 bits per heavy atom. The van der Waals surface area contributed by atoms with E-state index in [9.17, 15) is 0 Å². The summed E-state index contributed by atoms with van der Waals surface area (Å²) >= 11 is 0. The van der Waals surface area contributed by atoms with Gasteiger partial charge in [0, 0.05) is 64.4 Å². The average molecular weight is 560 g/mol. The Morgan fingerprint density at radius 1 is 1.06 bits per heavy atom. The molecule has 4 rings (SSSR count). The quantitative estimate of drug-likeness (QED) is 0.283. The zero-order valence-corrected chi connectivity index (χ0v) is 21.9. The summed E-state index contributed by atoms with van der Waals surface area (Å²) in [5.74, 6) is 2.87. The molecule has 2 aromatic carbocycles. The van der Waals surface area contributed by atoms with Crippen LogP contribution in [-0.2, 0) is 13.1 Å². The summed E-state index contributed by atoms with van der Waals surface area (Å²) in [4.78, 5) is 13.6. The largest absolute Gasteiger partial charge is 0.497 e. The van der Waals surface area contributed by atoms with Gasteiger partial charge in [0.2, 0.25) is 0 Å². The number of aromatic nitrogens is 2. The molecule has 0 aliphatic carbocycles. The third-order valence-electron chi connectivity index (χ3n) is 5.95. The van der Waals surface area contributed by atoms with Crippen molar-refractivity contribution in [2.24, 2.45) is 4.99 Å². The number of methoxy groups -OCH3 is 1. The van der Waals surface area contributed by atoms with Gasteiger partial charge in [0.05, 0.1) is 7.11 Å². The highest BCUT2D eigenvalue weighted by molar-refractivity contribution is 14.0. The van der Waals surface area contributed by atoms with Crippen LogP contribution in [-0.4, -0.2) is 60.7 Å². The molecule has 0 amide bonds. The zero-order valence-electron chi connectivity index (χ0n) is 19.6. The second-order valence-corrected chi connectivity index (χ2v) is 8.00. The SMILES string of the molecule is CN=C(NCc1cccc(Cn2ccnc2C)c1)N1CCN(c2ccc(OC)cc2)CC1.I. The lowest BCUT2D eigenvalue weighted by Crippen LogP contribution is -2.52. The molecule has 0 bridgehead atoms. The number of imidazole rings is 1. The van der Waals surface area contributed by atoms with E-state index in [4.69, 9.17) is 4.74 Å². The van der Waals surface area contributed by atoms with Crippen molar-refractivity contribution in [3.63, 3.8) is 0 Å². The Labute approximate surface area is 213 Å². The fourth-order valence-corrected chi connectivity index (χ4v) is 4.09. The van der Waals surface area contributed by atoms with Gasteiger partial charge < -0.3 is 24.4 Å². The van der Waals surface area contributed by atoms with Crippen LogP contribution in [0.15, 0.2) is 65.9 Å². The Hall–Kier alpha value is -2.75. The number of hydrogen-bond donors (Lipinski definition) is 1. The molecule has 0 unspecified atom stereocenters. The van der Waals surface area contributed by atoms with Gasteiger partial charge in [-0.2, -0.15) is 0 Å². The number of ether oxygens (including phenoxy) is 1. The summed E-state index contributed by atoms with van der Waals surface area (Å²) in [6.45, 7) is 7.42. The molecule has 7 nitrogen and oxygen atoms in total. The van der Waals surface area contributed by atoms with Gasteiger partial charge in [-0.15, -0.1) is 24.0 Å². The second kappa shape index (κ2) is 11.9. The van der Waals surface area contributed by atoms with Crippen LogP contribution in [0.4, 0.5) is 5.69 Å². The number of hydrogen-bond acceptors (Lipinski definition) is 4. The zero-order chi connectivity index (χ0) is 22.3. The van der Waals surface area contributed by atoms with Crippen molar-refractivity contribution in [2.45, 2.75) is 20.0 Å². The van der Waals surface area contributed by atoms with Crippen LogP contribution < -0.4 is 15.0 Å². The van der Waals surface area contributed by atoms with Crippen LogP contribution in [0.25, 0.3) is 0 Å². The summed E-state index contributed by atoms with van der Waals surface area (Å²) in [7, 11) is 3.56. The van der Waals surface area contributed by atoms with Gasteiger partial charge >= 0.3 is 0 Å².